The van der Waals surface area contributed by atoms with Crippen molar-refractivity contribution in [2.75, 3.05) is 25.0 Å². The van der Waals surface area contributed by atoms with Gasteiger partial charge in [-0.3, -0.25) is 19.4 Å². The molecule has 8 heteroatoms. The van der Waals surface area contributed by atoms with Gasteiger partial charge in [0.25, 0.3) is 0 Å². The second-order valence-corrected chi connectivity index (χ2v) is 6.65. The largest absolute Gasteiger partial charge is 0.310 e. The van der Waals surface area contributed by atoms with Crippen molar-refractivity contribution in [3.05, 3.63) is 30.7 Å². The number of aromatic nitrogens is 5. The Kier molecular flexibility index (Phi) is 4.57. The predicted molar refractivity (Wildman–Crippen MR) is 98.5 cm³/mol. The molecule has 8 nitrogen and oxygen atoms in total. The molecule has 4 rings (SSSR count). The number of piperidine rings is 1. The van der Waals surface area contributed by atoms with Crippen LogP contribution in [0.15, 0.2) is 30.7 Å². The first-order chi connectivity index (χ1) is 12.7. The molecule has 1 aliphatic rings. The number of carbonyl (C=O) groups is 1. The molecule has 0 aliphatic carbocycles. The lowest BCUT2D eigenvalue weighted by molar-refractivity contribution is -0.117. The van der Waals surface area contributed by atoms with Crippen molar-refractivity contribution in [1.29, 1.82) is 0 Å². The summed E-state index contributed by atoms with van der Waals surface area (Å²) in [5.41, 5.74) is 1.45. The van der Waals surface area contributed by atoms with Crippen molar-refractivity contribution in [3.8, 4) is 11.4 Å². The van der Waals surface area contributed by atoms with E-state index in [4.69, 9.17) is 0 Å². The standard InChI is InChI=1S/C18H21N7O/c1-24-11-16(22-23-24)15-7-13-8-17(20-10-14(13)9-19-15)21-18(26)12-25-5-3-2-4-6-25/h7-11H,2-6,12H2,1H3,(H,20,21,26). The second kappa shape index (κ2) is 7.17. The Hall–Kier alpha value is -2.87. The molecule has 4 heterocycles. The highest BCUT2D eigenvalue weighted by atomic mass is 16.2. The van der Waals surface area contributed by atoms with E-state index in [2.05, 4.69) is 30.5 Å². The SMILES string of the molecule is Cn1cc(-c2cc3cc(NC(=O)CN4CCCCC4)ncc3cn2)nn1. The van der Waals surface area contributed by atoms with Crippen LogP contribution in [0.1, 0.15) is 19.3 Å². The lowest BCUT2D eigenvalue weighted by atomic mass is 10.1. The molecule has 3 aromatic heterocycles. The molecule has 1 N–H and O–H groups in total. The van der Waals surface area contributed by atoms with E-state index >= 15 is 0 Å². The number of carbonyl (C=O) groups excluding carboxylic acids is 1. The highest BCUT2D eigenvalue weighted by molar-refractivity contribution is 5.94. The van der Waals surface area contributed by atoms with Gasteiger partial charge in [-0.2, -0.15) is 0 Å². The van der Waals surface area contributed by atoms with E-state index in [0.717, 1.165) is 29.6 Å². The molecule has 0 atom stereocenters. The van der Waals surface area contributed by atoms with Crippen molar-refractivity contribution in [2.45, 2.75) is 19.3 Å². The third kappa shape index (κ3) is 3.70. The van der Waals surface area contributed by atoms with Gasteiger partial charge in [-0.15, -0.1) is 5.10 Å². The van der Waals surface area contributed by atoms with Crippen molar-refractivity contribution < 1.29 is 4.79 Å². The van der Waals surface area contributed by atoms with Crippen LogP contribution in [-0.4, -0.2) is 55.4 Å². The van der Waals surface area contributed by atoms with Crippen LogP contribution in [0.25, 0.3) is 22.2 Å². The summed E-state index contributed by atoms with van der Waals surface area (Å²) in [7, 11) is 1.82. The van der Waals surface area contributed by atoms with Gasteiger partial charge >= 0.3 is 0 Å². The Morgan fingerprint density at radius 3 is 2.65 bits per heavy atom. The average molecular weight is 351 g/mol. The second-order valence-electron chi connectivity index (χ2n) is 6.65. The minimum Gasteiger partial charge on any atom is -0.310 e. The molecule has 134 valence electrons. The molecule has 0 aromatic carbocycles. The molecular weight excluding hydrogens is 330 g/mol. The van der Waals surface area contributed by atoms with Crippen LogP contribution in [0.2, 0.25) is 0 Å². The first kappa shape index (κ1) is 16.6. The quantitative estimate of drug-likeness (QED) is 0.772. The van der Waals surface area contributed by atoms with Crippen LogP contribution in [0, 0.1) is 0 Å². The summed E-state index contributed by atoms with van der Waals surface area (Å²) < 4.78 is 1.64. The number of anilines is 1. The van der Waals surface area contributed by atoms with Crippen molar-refractivity contribution in [1.82, 2.24) is 29.9 Å². The van der Waals surface area contributed by atoms with Gasteiger partial charge in [-0.25, -0.2) is 4.98 Å². The Balaban J connectivity index is 1.51. The number of amides is 1. The molecule has 0 saturated carbocycles. The molecule has 1 fully saturated rings. The van der Waals surface area contributed by atoms with E-state index in [1.165, 1.54) is 19.3 Å². The maximum Gasteiger partial charge on any atom is 0.239 e. The van der Waals surface area contributed by atoms with Gasteiger partial charge in [-0.1, -0.05) is 11.6 Å². The fourth-order valence-electron chi connectivity index (χ4n) is 3.21. The Morgan fingerprint density at radius 2 is 1.88 bits per heavy atom. The van der Waals surface area contributed by atoms with Crippen LogP contribution in [0.5, 0.6) is 0 Å². The number of likely N-dealkylation sites (tertiary alicyclic amines) is 1. The van der Waals surface area contributed by atoms with Gasteiger partial charge in [0.1, 0.15) is 11.5 Å². The Labute approximate surface area is 151 Å². The van der Waals surface area contributed by atoms with Gasteiger partial charge < -0.3 is 5.32 Å². The molecule has 3 aromatic rings. The molecule has 1 saturated heterocycles. The summed E-state index contributed by atoms with van der Waals surface area (Å²) in [4.78, 5) is 23.2. The fraction of sp³-hybridized carbons (Fsp3) is 0.389. The van der Waals surface area contributed by atoms with Gasteiger partial charge in [0.2, 0.25) is 5.91 Å². The normalized spacial score (nSPS) is 15.3. The predicted octanol–water partition coefficient (Wildman–Crippen LogP) is 1.85. The lowest BCUT2D eigenvalue weighted by Gasteiger charge is -2.25. The molecule has 0 bridgehead atoms. The molecule has 1 amide bonds. The third-order valence-corrected chi connectivity index (χ3v) is 4.55. The van der Waals surface area contributed by atoms with E-state index in [1.54, 1.807) is 17.1 Å². The number of aryl methyl sites for hydroxylation is 1. The summed E-state index contributed by atoms with van der Waals surface area (Å²) in [6.45, 7) is 2.40. The van der Waals surface area contributed by atoms with E-state index in [1.807, 2.05) is 25.4 Å². The molecule has 26 heavy (non-hydrogen) atoms. The summed E-state index contributed by atoms with van der Waals surface area (Å²) in [6.07, 6.45) is 8.88. The first-order valence-electron chi connectivity index (χ1n) is 8.82. The zero-order valence-corrected chi connectivity index (χ0v) is 14.7. The van der Waals surface area contributed by atoms with Crippen LogP contribution < -0.4 is 5.32 Å². The summed E-state index contributed by atoms with van der Waals surface area (Å²) in [6, 6.07) is 3.80. The fourth-order valence-corrected chi connectivity index (χ4v) is 3.21. The monoisotopic (exact) mass is 351 g/mol. The van der Waals surface area contributed by atoms with Gasteiger partial charge in [0, 0.05) is 24.8 Å². The van der Waals surface area contributed by atoms with E-state index in [0.29, 0.717) is 18.1 Å². The van der Waals surface area contributed by atoms with Gasteiger partial charge in [0.05, 0.1) is 18.4 Å². The Morgan fingerprint density at radius 1 is 1.08 bits per heavy atom. The average Bonchev–Trinajstić information content (AvgIpc) is 3.08. The summed E-state index contributed by atoms with van der Waals surface area (Å²) in [5, 5.41) is 12.8. The number of nitrogens with zero attached hydrogens (tertiary/aromatic N) is 6. The van der Waals surface area contributed by atoms with Crippen LogP contribution in [0.3, 0.4) is 0 Å². The van der Waals surface area contributed by atoms with Crippen molar-refractivity contribution in [3.63, 3.8) is 0 Å². The third-order valence-electron chi connectivity index (χ3n) is 4.55. The van der Waals surface area contributed by atoms with Gasteiger partial charge in [0.15, 0.2) is 0 Å². The van der Waals surface area contributed by atoms with E-state index in [9.17, 15) is 4.79 Å². The van der Waals surface area contributed by atoms with E-state index < -0.39 is 0 Å². The maximum atomic E-state index is 12.3. The topological polar surface area (TPSA) is 88.8 Å². The number of rotatable bonds is 4. The smallest absolute Gasteiger partial charge is 0.239 e. The molecule has 0 radical (unpaired) electrons. The van der Waals surface area contributed by atoms with Crippen molar-refractivity contribution in [2.24, 2.45) is 7.05 Å². The summed E-state index contributed by atoms with van der Waals surface area (Å²) >= 11 is 0. The highest BCUT2D eigenvalue weighted by Gasteiger charge is 2.14. The maximum absolute atomic E-state index is 12.3. The lowest BCUT2D eigenvalue weighted by Crippen LogP contribution is -2.36. The van der Waals surface area contributed by atoms with Crippen LogP contribution >= 0.6 is 0 Å². The highest BCUT2D eigenvalue weighted by Crippen LogP contribution is 2.21. The number of hydrogen-bond donors (Lipinski definition) is 1. The minimum absolute atomic E-state index is 0.0260. The zero-order chi connectivity index (χ0) is 17.9. The molecule has 0 spiro atoms. The number of fused-ring (bicyclic) bond motifs is 1. The van der Waals surface area contributed by atoms with Crippen molar-refractivity contribution >= 4 is 22.5 Å². The van der Waals surface area contributed by atoms with Crippen LogP contribution in [-0.2, 0) is 11.8 Å². The number of hydrogen-bond acceptors (Lipinski definition) is 6. The Bertz CT molecular complexity index is 930. The van der Waals surface area contributed by atoms with Crippen LogP contribution in [0.4, 0.5) is 5.82 Å². The zero-order valence-electron chi connectivity index (χ0n) is 14.7. The molecule has 1 aliphatic heterocycles. The number of pyridine rings is 2. The summed E-state index contributed by atoms with van der Waals surface area (Å²) in [5.74, 6) is 0.526. The van der Waals surface area contributed by atoms with Gasteiger partial charge in [-0.05, 0) is 43.5 Å². The van der Waals surface area contributed by atoms with E-state index in [-0.39, 0.29) is 5.91 Å². The number of nitrogens with one attached hydrogen (secondary N) is 1. The molecule has 0 unspecified atom stereocenters. The first-order valence-corrected chi connectivity index (χ1v) is 8.82. The molecular formula is C18H21N7O. The minimum atomic E-state index is -0.0260.